The van der Waals surface area contributed by atoms with Gasteiger partial charge in [0, 0.05) is 5.56 Å². The first kappa shape index (κ1) is 19.9. The van der Waals surface area contributed by atoms with E-state index in [1.54, 1.807) is 43.7 Å². The molecular weight excluding hydrogens is 368 g/mol. The van der Waals surface area contributed by atoms with Gasteiger partial charge >= 0.3 is 0 Å². The Balaban J connectivity index is 1.66. The van der Waals surface area contributed by atoms with E-state index in [4.69, 9.17) is 14.2 Å². The Hall–Kier alpha value is -3.80. The predicted molar refractivity (Wildman–Crippen MR) is 114 cm³/mol. The van der Waals surface area contributed by atoms with Crippen LogP contribution in [0.4, 0.5) is 0 Å². The van der Waals surface area contributed by atoms with Crippen LogP contribution in [0.3, 0.4) is 0 Å². The fraction of sp³-hybridized carbons (Fsp3) is 0.130. The maximum atomic E-state index is 12.0. The van der Waals surface area contributed by atoms with E-state index >= 15 is 0 Å². The number of nitrogens with one attached hydrogen (secondary N) is 1. The summed E-state index contributed by atoms with van der Waals surface area (Å²) in [5.74, 6) is 1.58. The number of carbonyl (C=O) groups excluding carboxylic acids is 1. The highest BCUT2D eigenvalue weighted by Gasteiger charge is 2.07. The molecule has 1 amide bonds. The van der Waals surface area contributed by atoms with Gasteiger partial charge in [-0.25, -0.2) is 5.43 Å². The molecule has 0 aliphatic carbocycles. The van der Waals surface area contributed by atoms with Crippen molar-refractivity contribution in [2.45, 2.75) is 0 Å². The molecule has 0 radical (unpaired) electrons. The Kier molecular flexibility index (Phi) is 6.84. The predicted octanol–water partition coefficient (Wildman–Crippen LogP) is 3.94. The van der Waals surface area contributed by atoms with Crippen LogP contribution in [0.25, 0.3) is 10.8 Å². The maximum absolute atomic E-state index is 12.0. The Labute approximate surface area is 169 Å². The maximum Gasteiger partial charge on any atom is 0.277 e. The standard InChI is InChI=1S/C23H22N2O4/c1-3-14-28-22-13-8-17-6-4-5-7-20(17)21(22)15-24-25-23(26)16-29-19-11-9-18(27-2)10-12-19/h3-13,15H,1,14,16H2,2H3,(H,25,26)/b24-15-. The largest absolute Gasteiger partial charge is 0.497 e. The van der Waals surface area contributed by atoms with E-state index in [0.29, 0.717) is 18.1 Å². The molecule has 6 heteroatoms. The first-order valence-electron chi connectivity index (χ1n) is 9.05. The molecule has 0 unspecified atom stereocenters. The zero-order valence-electron chi connectivity index (χ0n) is 16.1. The Morgan fingerprint density at radius 3 is 2.55 bits per heavy atom. The number of hydrogen-bond acceptors (Lipinski definition) is 5. The first-order valence-corrected chi connectivity index (χ1v) is 9.05. The van der Waals surface area contributed by atoms with Gasteiger partial charge in [0.15, 0.2) is 6.61 Å². The molecule has 3 rings (SSSR count). The molecule has 0 bridgehead atoms. The Morgan fingerprint density at radius 1 is 1.03 bits per heavy atom. The Bertz CT molecular complexity index is 1010. The average molecular weight is 390 g/mol. The summed E-state index contributed by atoms with van der Waals surface area (Å²) in [5, 5.41) is 6.09. The fourth-order valence-corrected chi connectivity index (χ4v) is 2.71. The van der Waals surface area contributed by atoms with E-state index in [-0.39, 0.29) is 12.5 Å². The molecular formula is C23H22N2O4. The molecule has 0 saturated heterocycles. The third kappa shape index (κ3) is 5.35. The van der Waals surface area contributed by atoms with Gasteiger partial charge in [0.1, 0.15) is 23.9 Å². The number of nitrogens with zero attached hydrogens (tertiary/aromatic N) is 1. The van der Waals surface area contributed by atoms with Gasteiger partial charge in [0.05, 0.1) is 13.3 Å². The summed E-state index contributed by atoms with van der Waals surface area (Å²) in [6, 6.07) is 18.7. The van der Waals surface area contributed by atoms with Crippen molar-refractivity contribution in [1.29, 1.82) is 0 Å². The van der Waals surface area contributed by atoms with Crippen LogP contribution in [-0.2, 0) is 4.79 Å². The van der Waals surface area contributed by atoms with Crippen molar-refractivity contribution in [1.82, 2.24) is 5.43 Å². The van der Waals surface area contributed by atoms with Gasteiger partial charge in [0.2, 0.25) is 0 Å². The topological polar surface area (TPSA) is 69.2 Å². The monoisotopic (exact) mass is 390 g/mol. The van der Waals surface area contributed by atoms with Crippen molar-refractivity contribution in [2.75, 3.05) is 20.3 Å². The van der Waals surface area contributed by atoms with Crippen LogP contribution in [0.1, 0.15) is 5.56 Å². The number of ether oxygens (including phenoxy) is 3. The lowest BCUT2D eigenvalue weighted by molar-refractivity contribution is -0.123. The highest BCUT2D eigenvalue weighted by atomic mass is 16.5. The molecule has 0 aliphatic rings. The Morgan fingerprint density at radius 2 is 1.79 bits per heavy atom. The van der Waals surface area contributed by atoms with Gasteiger partial charge in [-0.2, -0.15) is 5.10 Å². The number of hydrogen-bond donors (Lipinski definition) is 1. The summed E-state index contributed by atoms with van der Waals surface area (Å²) in [7, 11) is 1.59. The summed E-state index contributed by atoms with van der Waals surface area (Å²) in [6.07, 6.45) is 3.25. The van der Waals surface area contributed by atoms with Crippen molar-refractivity contribution in [3.05, 3.63) is 78.9 Å². The summed E-state index contributed by atoms with van der Waals surface area (Å²) in [4.78, 5) is 12.0. The van der Waals surface area contributed by atoms with Gasteiger partial charge in [-0.3, -0.25) is 4.79 Å². The minimum Gasteiger partial charge on any atom is -0.497 e. The molecule has 148 valence electrons. The van der Waals surface area contributed by atoms with Crippen molar-refractivity contribution in [3.8, 4) is 17.2 Å². The van der Waals surface area contributed by atoms with E-state index < -0.39 is 0 Å². The quantitative estimate of drug-likeness (QED) is 0.341. The van der Waals surface area contributed by atoms with Gasteiger partial charge in [0.25, 0.3) is 5.91 Å². The summed E-state index contributed by atoms with van der Waals surface area (Å²) in [5.41, 5.74) is 3.26. The number of amides is 1. The van der Waals surface area contributed by atoms with Crippen LogP contribution in [0.15, 0.2) is 78.4 Å². The highest BCUT2D eigenvalue weighted by Crippen LogP contribution is 2.26. The molecule has 0 atom stereocenters. The van der Waals surface area contributed by atoms with Gasteiger partial charge in [-0.1, -0.05) is 43.0 Å². The van der Waals surface area contributed by atoms with Crippen LogP contribution in [0.2, 0.25) is 0 Å². The third-order valence-electron chi connectivity index (χ3n) is 4.10. The van der Waals surface area contributed by atoms with E-state index in [1.165, 1.54) is 0 Å². The van der Waals surface area contributed by atoms with Crippen molar-refractivity contribution < 1.29 is 19.0 Å². The molecule has 0 aromatic heterocycles. The number of benzene rings is 3. The molecule has 3 aromatic rings. The first-order chi connectivity index (χ1) is 14.2. The smallest absolute Gasteiger partial charge is 0.277 e. The molecule has 0 spiro atoms. The van der Waals surface area contributed by atoms with Crippen LogP contribution >= 0.6 is 0 Å². The number of fused-ring (bicyclic) bond motifs is 1. The second-order valence-corrected chi connectivity index (χ2v) is 6.06. The van der Waals surface area contributed by atoms with Gasteiger partial charge in [-0.15, -0.1) is 0 Å². The summed E-state index contributed by atoms with van der Waals surface area (Å²) >= 11 is 0. The summed E-state index contributed by atoms with van der Waals surface area (Å²) < 4.78 is 16.2. The third-order valence-corrected chi connectivity index (χ3v) is 4.10. The minimum absolute atomic E-state index is 0.154. The highest BCUT2D eigenvalue weighted by molar-refractivity contribution is 6.02. The molecule has 29 heavy (non-hydrogen) atoms. The van der Waals surface area contributed by atoms with E-state index in [1.807, 2.05) is 36.4 Å². The lowest BCUT2D eigenvalue weighted by Gasteiger charge is -2.10. The second kappa shape index (κ2) is 9.94. The molecule has 6 nitrogen and oxygen atoms in total. The van der Waals surface area contributed by atoms with E-state index in [9.17, 15) is 4.79 Å². The lowest BCUT2D eigenvalue weighted by atomic mass is 10.0. The van der Waals surface area contributed by atoms with Gasteiger partial charge < -0.3 is 14.2 Å². The van der Waals surface area contributed by atoms with Crippen molar-refractivity contribution >= 4 is 22.9 Å². The zero-order valence-corrected chi connectivity index (χ0v) is 16.1. The molecule has 0 aliphatic heterocycles. The van der Waals surface area contributed by atoms with Crippen LogP contribution in [0.5, 0.6) is 17.2 Å². The van der Waals surface area contributed by atoms with E-state index in [2.05, 4.69) is 17.1 Å². The van der Waals surface area contributed by atoms with Crippen molar-refractivity contribution in [3.63, 3.8) is 0 Å². The molecule has 0 fully saturated rings. The van der Waals surface area contributed by atoms with Crippen molar-refractivity contribution in [2.24, 2.45) is 5.10 Å². The number of rotatable bonds is 9. The SMILES string of the molecule is C=CCOc1ccc2ccccc2c1/C=N\NC(=O)COc1ccc(OC)cc1. The zero-order chi connectivity index (χ0) is 20.5. The number of carbonyl (C=O) groups is 1. The number of hydrazone groups is 1. The van der Waals surface area contributed by atoms with Crippen LogP contribution in [-0.4, -0.2) is 32.4 Å². The molecule has 0 heterocycles. The fourth-order valence-electron chi connectivity index (χ4n) is 2.71. The number of methoxy groups -OCH3 is 1. The van der Waals surface area contributed by atoms with E-state index in [0.717, 1.165) is 22.1 Å². The normalized spacial score (nSPS) is 10.7. The lowest BCUT2D eigenvalue weighted by Crippen LogP contribution is -2.24. The second-order valence-electron chi connectivity index (χ2n) is 6.06. The average Bonchev–Trinajstić information content (AvgIpc) is 2.77. The van der Waals surface area contributed by atoms with Crippen LogP contribution < -0.4 is 19.6 Å². The summed E-state index contributed by atoms with van der Waals surface area (Å²) in [6.45, 7) is 3.89. The van der Waals surface area contributed by atoms with Crippen LogP contribution in [0, 0.1) is 0 Å². The molecule has 0 saturated carbocycles. The molecule has 1 N–H and O–H groups in total. The van der Waals surface area contributed by atoms with Gasteiger partial charge in [-0.05, 0) is 41.1 Å². The minimum atomic E-state index is -0.370. The molecule has 3 aromatic carbocycles.